The molecule has 0 N–H and O–H groups in total. The van der Waals surface area contributed by atoms with Gasteiger partial charge in [0.2, 0.25) is 17.7 Å². The number of aromatic nitrogens is 2. The van der Waals surface area contributed by atoms with Crippen LogP contribution in [0, 0.1) is 5.92 Å². The van der Waals surface area contributed by atoms with Gasteiger partial charge in [-0.1, -0.05) is 6.92 Å². The summed E-state index contributed by atoms with van der Waals surface area (Å²) < 4.78 is 10.9. The van der Waals surface area contributed by atoms with E-state index >= 15 is 0 Å². The summed E-state index contributed by atoms with van der Waals surface area (Å²) in [6, 6.07) is 0. The van der Waals surface area contributed by atoms with Crippen LogP contribution in [0.15, 0.2) is 4.42 Å². The van der Waals surface area contributed by atoms with E-state index in [1.54, 1.807) is 11.9 Å². The summed E-state index contributed by atoms with van der Waals surface area (Å²) in [6.07, 6.45) is 3.54. The van der Waals surface area contributed by atoms with Crippen molar-refractivity contribution in [2.45, 2.75) is 51.7 Å². The van der Waals surface area contributed by atoms with E-state index in [1.807, 2.05) is 11.8 Å². The molecule has 0 aliphatic carbocycles. The number of piperidine rings is 1. The van der Waals surface area contributed by atoms with Crippen molar-refractivity contribution in [1.29, 1.82) is 0 Å². The second kappa shape index (κ2) is 7.95. The zero-order chi connectivity index (χ0) is 17.8. The summed E-state index contributed by atoms with van der Waals surface area (Å²) in [5, 5.41) is 7.87. The molecule has 1 aromatic heterocycles. The first kappa shape index (κ1) is 17.8. The van der Waals surface area contributed by atoms with Gasteiger partial charge in [0.15, 0.2) is 0 Å². The largest absolute Gasteiger partial charge is 0.423 e. The van der Waals surface area contributed by atoms with E-state index in [2.05, 4.69) is 10.2 Å². The Morgan fingerprint density at radius 2 is 1.92 bits per heavy atom. The lowest BCUT2D eigenvalue weighted by Crippen LogP contribution is -2.46. The molecule has 2 amide bonds. The molecule has 2 aliphatic rings. The highest BCUT2D eigenvalue weighted by Crippen LogP contribution is 2.23. The topological polar surface area (TPSA) is 88.8 Å². The number of nitrogens with zero attached hydrogens (tertiary/aromatic N) is 4. The Morgan fingerprint density at radius 3 is 2.52 bits per heavy atom. The Balaban J connectivity index is 1.48. The van der Waals surface area contributed by atoms with Gasteiger partial charge in [-0.05, 0) is 25.7 Å². The van der Waals surface area contributed by atoms with Crippen LogP contribution in [0.2, 0.25) is 0 Å². The van der Waals surface area contributed by atoms with Gasteiger partial charge in [0.1, 0.15) is 6.10 Å². The molecule has 2 fully saturated rings. The van der Waals surface area contributed by atoms with Gasteiger partial charge in [0.05, 0.1) is 6.54 Å². The predicted octanol–water partition coefficient (Wildman–Crippen LogP) is 1.01. The molecule has 0 aromatic carbocycles. The average Bonchev–Trinajstić information content (AvgIpc) is 3.32. The zero-order valence-corrected chi connectivity index (χ0v) is 14.9. The van der Waals surface area contributed by atoms with E-state index in [0.717, 1.165) is 12.8 Å². The number of carbonyl (C=O) groups is 2. The minimum Gasteiger partial charge on any atom is -0.423 e. The Kier molecular flexibility index (Phi) is 5.67. The summed E-state index contributed by atoms with van der Waals surface area (Å²) >= 11 is 0. The van der Waals surface area contributed by atoms with E-state index in [4.69, 9.17) is 9.15 Å². The fraction of sp³-hybridized carbons (Fsp3) is 0.765. The molecule has 3 heterocycles. The Labute approximate surface area is 147 Å². The van der Waals surface area contributed by atoms with Crippen LogP contribution in [0.1, 0.15) is 44.4 Å². The number of amides is 2. The lowest BCUT2D eigenvalue weighted by atomic mass is 9.95. The van der Waals surface area contributed by atoms with Crippen LogP contribution >= 0.6 is 0 Å². The molecule has 1 atom stereocenters. The van der Waals surface area contributed by atoms with E-state index in [9.17, 15) is 9.59 Å². The number of hydrogen-bond donors (Lipinski definition) is 0. The molecule has 8 nitrogen and oxygen atoms in total. The quantitative estimate of drug-likeness (QED) is 0.787. The summed E-state index contributed by atoms with van der Waals surface area (Å²) in [6.45, 7) is 4.16. The third-order valence-corrected chi connectivity index (χ3v) is 4.92. The first-order valence-corrected chi connectivity index (χ1v) is 9.05. The molecule has 0 saturated carbocycles. The molecule has 2 saturated heterocycles. The molecular formula is C17H26N4O4. The second-order valence-electron chi connectivity index (χ2n) is 6.74. The van der Waals surface area contributed by atoms with Crippen LogP contribution < -0.4 is 0 Å². The van der Waals surface area contributed by atoms with Crippen LogP contribution in [-0.4, -0.2) is 64.7 Å². The number of likely N-dealkylation sites (tertiary alicyclic amines) is 1. The summed E-state index contributed by atoms with van der Waals surface area (Å²) in [4.78, 5) is 28.5. The summed E-state index contributed by atoms with van der Waals surface area (Å²) in [7, 11) is 1.75. The van der Waals surface area contributed by atoms with E-state index < -0.39 is 0 Å². The first-order valence-electron chi connectivity index (χ1n) is 9.05. The lowest BCUT2D eigenvalue weighted by Gasteiger charge is -2.34. The maximum Gasteiger partial charge on any atom is 0.251 e. The van der Waals surface area contributed by atoms with Crippen molar-refractivity contribution in [3.05, 3.63) is 11.8 Å². The van der Waals surface area contributed by atoms with Gasteiger partial charge in [-0.25, -0.2) is 0 Å². The third kappa shape index (κ3) is 4.18. The van der Waals surface area contributed by atoms with E-state index in [-0.39, 0.29) is 23.8 Å². The number of rotatable bonds is 5. The fourth-order valence-electron chi connectivity index (χ4n) is 3.41. The second-order valence-corrected chi connectivity index (χ2v) is 6.74. The maximum absolute atomic E-state index is 12.6. The van der Waals surface area contributed by atoms with Crippen molar-refractivity contribution in [2.24, 2.45) is 5.92 Å². The van der Waals surface area contributed by atoms with Gasteiger partial charge in [-0.15, -0.1) is 10.2 Å². The molecule has 138 valence electrons. The van der Waals surface area contributed by atoms with Crippen molar-refractivity contribution >= 4 is 11.8 Å². The monoisotopic (exact) mass is 350 g/mol. The van der Waals surface area contributed by atoms with E-state index in [1.165, 1.54) is 0 Å². The minimum atomic E-state index is -0.278. The molecule has 0 radical (unpaired) electrons. The molecule has 8 heteroatoms. The molecule has 0 bridgehead atoms. The van der Waals surface area contributed by atoms with Gasteiger partial charge in [0, 0.05) is 39.1 Å². The molecular weight excluding hydrogens is 324 g/mol. The van der Waals surface area contributed by atoms with Gasteiger partial charge < -0.3 is 19.0 Å². The number of aryl methyl sites for hydroxylation is 1. The highest BCUT2D eigenvalue weighted by atomic mass is 16.5. The SMILES string of the molecule is CCc1nnc(CN(C)C(=O)C2CCN(C(=O)[C@H]3CCCO3)CC2)o1. The standard InChI is InChI=1S/C17H26N4O4/c1-3-14-18-19-15(25-14)11-20(2)16(22)12-6-8-21(9-7-12)17(23)13-5-4-10-24-13/h12-13H,3-11H2,1-2H3/t13-/m1/s1. The minimum absolute atomic E-state index is 0.0629. The van der Waals surface area contributed by atoms with Crippen LogP contribution in [0.25, 0.3) is 0 Å². The van der Waals surface area contributed by atoms with Crippen molar-refractivity contribution < 1.29 is 18.7 Å². The highest BCUT2D eigenvalue weighted by molar-refractivity contribution is 5.82. The van der Waals surface area contributed by atoms with Crippen molar-refractivity contribution in [3.8, 4) is 0 Å². The summed E-state index contributed by atoms with van der Waals surface area (Å²) in [5.41, 5.74) is 0. The Morgan fingerprint density at radius 1 is 1.20 bits per heavy atom. The first-order chi connectivity index (χ1) is 12.1. The average molecular weight is 350 g/mol. The molecule has 3 rings (SSSR count). The smallest absolute Gasteiger partial charge is 0.251 e. The molecule has 25 heavy (non-hydrogen) atoms. The van der Waals surface area contributed by atoms with Crippen molar-refractivity contribution in [1.82, 2.24) is 20.0 Å². The van der Waals surface area contributed by atoms with Gasteiger partial charge in [-0.2, -0.15) is 0 Å². The number of hydrogen-bond acceptors (Lipinski definition) is 6. The van der Waals surface area contributed by atoms with Gasteiger partial charge in [-0.3, -0.25) is 9.59 Å². The van der Waals surface area contributed by atoms with Crippen molar-refractivity contribution in [3.63, 3.8) is 0 Å². The Bertz CT molecular complexity index is 604. The van der Waals surface area contributed by atoms with Crippen LogP contribution in [0.3, 0.4) is 0 Å². The van der Waals surface area contributed by atoms with Crippen molar-refractivity contribution in [2.75, 3.05) is 26.7 Å². The highest BCUT2D eigenvalue weighted by Gasteiger charge is 2.33. The molecule has 2 aliphatic heterocycles. The molecule has 1 aromatic rings. The van der Waals surface area contributed by atoms with Crippen LogP contribution in [0.4, 0.5) is 0 Å². The van der Waals surface area contributed by atoms with Gasteiger partial charge >= 0.3 is 0 Å². The van der Waals surface area contributed by atoms with Crippen LogP contribution in [-0.2, 0) is 27.3 Å². The fourth-order valence-corrected chi connectivity index (χ4v) is 3.41. The third-order valence-electron chi connectivity index (χ3n) is 4.92. The molecule has 0 unspecified atom stereocenters. The maximum atomic E-state index is 12.6. The lowest BCUT2D eigenvalue weighted by molar-refractivity contribution is -0.145. The van der Waals surface area contributed by atoms with Gasteiger partial charge in [0.25, 0.3) is 5.91 Å². The number of ether oxygens (including phenoxy) is 1. The number of carbonyl (C=O) groups excluding carboxylic acids is 2. The predicted molar refractivity (Wildman–Crippen MR) is 88.4 cm³/mol. The van der Waals surface area contributed by atoms with E-state index in [0.29, 0.717) is 57.3 Å². The van der Waals surface area contributed by atoms with Crippen LogP contribution in [0.5, 0.6) is 0 Å². The normalized spacial score (nSPS) is 21.5. The Hall–Kier alpha value is -1.96. The summed E-state index contributed by atoms with van der Waals surface area (Å²) in [5.74, 6) is 1.12. The molecule has 0 spiro atoms. The zero-order valence-electron chi connectivity index (χ0n) is 14.9.